The molecule has 5 heteroatoms. The molecular formula is C19H16N4S. The molecule has 1 aromatic carbocycles. The lowest BCUT2D eigenvalue weighted by Crippen LogP contribution is -2.30. The van der Waals surface area contributed by atoms with Gasteiger partial charge in [-0.1, -0.05) is 30.0 Å². The van der Waals surface area contributed by atoms with Crippen molar-refractivity contribution < 1.29 is 0 Å². The van der Waals surface area contributed by atoms with Gasteiger partial charge in [-0.15, -0.1) is 0 Å². The van der Waals surface area contributed by atoms with E-state index in [2.05, 4.69) is 57.5 Å². The van der Waals surface area contributed by atoms with Gasteiger partial charge in [-0.25, -0.2) is 4.99 Å². The zero-order chi connectivity index (χ0) is 15.9. The van der Waals surface area contributed by atoms with E-state index in [1.54, 1.807) is 6.20 Å². The first kappa shape index (κ1) is 13.9. The average Bonchev–Trinajstić information content (AvgIpc) is 3.28. The van der Waals surface area contributed by atoms with Crippen LogP contribution in [0.4, 0.5) is 0 Å². The van der Waals surface area contributed by atoms with Gasteiger partial charge in [0, 0.05) is 52.9 Å². The molecule has 24 heavy (non-hydrogen) atoms. The van der Waals surface area contributed by atoms with E-state index in [4.69, 9.17) is 4.99 Å². The molecular weight excluding hydrogens is 316 g/mol. The van der Waals surface area contributed by atoms with Crippen molar-refractivity contribution in [3.63, 3.8) is 0 Å². The lowest BCUT2D eigenvalue weighted by molar-refractivity contribution is 0.400. The Balaban J connectivity index is 1.66. The number of H-pyrrole nitrogens is 1. The Bertz CT molecular complexity index is 958. The fourth-order valence-electron chi connectivity index (χ4n) is 3.42. The van der Waals surface area contributed by atoms with Crippen molar-refractivity contribution in [3.8, 4) is 0 Å². The average molecular weight is 332 g/mol. The number of benzene rings is 1. The van der Waals surface area contributed by atoms with Gasteiger partial charge in [-0.05, 0) is 24.3 Å². The van der Waals surface area contributed by atoms with Gasteiger partial charge >= 0.3 is 0 Å². The Morgan fingerprint density at radius 2 is 2.12 bits per heavy atom. The third-order valence-electron chi connectivity index (χ3n) is 4.57. The molecule has 0 saturated carbocycles. The molecule has 0 radical (unpaired) electrons. The second-order valence-electron chi connectivity index (χ2n) is 5.96. The van der Waals surface area contributed by atoms with Crippen LogP contribution in [0.15, 0.2) is 66.1 Å². The first-order chi connectivity index (χ1) is 11.9. The van der Waals surface area contributed by atoms with Gasteiger partial charge in [0.2, 0.25) is 0 Å². The van der Waals surface area contributed by atoms with E-state index in [-0.39, 0.29) is 6.04 Å². The minimum Gasteiger partial charge on any atom is -0.361 e. The van der Waals surface area contributed by atoms with Crippen molar-refractivity contribution >= 4 is 33.5 Å². The van der Waals surface area contributed by atoms with E-state index in [1.165, 1.54) is 16.5 Å². The van der Waals surface area contributed by atoms with E-state index in [0.29, 0.717) is 0 Å². The molecule has 0 amide bonds. The molecule has 1 fully saturated rings. The molecule has 0 spiro atoms. The van der Waals surface area contributed by atoms with Crippen molar-refractivity contribution in [1.29, 1.82) is 0 Å². The summed E-state index contributed by atoms with van der Waals surface area (Å²) in [6, 6.07) is 12.7. The number of aromatic nitrogens is 2. The number of rotatable bonds is 2. The number of fused-ring (bicyclic) bond motifs is 2. The van der Waals surface area contributed by atoms with Gasteiger partial charge in [-0.3, -0.25) is 4.98 Å². The number of para-hydroxylation sites is 1. The maximum Gasteiger partial charge on any atom is 0.165 e. The van der Waals surface area contributed by atoms with Gasteiger partial charge in [0.05, 0.1) is 11.7 Å². The highest BCUT2D eigenvalue weighted by atomic mass is 32.2. The van der Waals surface area contributed by atoms with Crippen LogP contribution in [0.3, 0.4) is 0 Å². The Morgan fingerprint density at radius 1 is 1.17 bits per heavy atom. The number of pyridine rings is 1. The normalized spacial score (nSPS) is 20.0. The number of nitrogens with one attached hydrogen (secondary N) is 1. The summed E-state index contributed by atoms with van der Waals surface area (Å²) in [6.07, 6.45) is 8.09. The predicted molar refractivity (Wildman–Crippen MR) is 99.9 cm³/mol. The third-order valence-corrected chi connectivity index (χ3v) is 5.54. The molecule has 4 heterocycles. The van der Waals surface area contributed by atoms with E-state index < -0.39 is 0 Å². The number of aromatic amines is 1. The topological polar surface area (TPSA) is 44.3 Å². The summed E-state index contributed by atoms with van der Waals surface area (Å²) in [7, 11) is 0. The highest BCUT2D eigenvalue weighted by Crippen LogP contribution is 2.39. The van der Waals surface area contributed by atoms with Gasteiger partial charge < -0.3 is 9.88 Å². The standard InChI is InChI=1S/C19H16N4S/c1-2-6-16-14(5-1)15(12-21-16)18-10-17(13-4-3-7-20-11-13)22-19-23(18)8-9-24-19/h1-7,10-12,18,21H,8-9H2. The number of nitrogens with zero attached hydrogens (tertiary/aromatic N) is 3. The maximum atomic E-state index is 4.87. The van der Waals surface area contributed by atoms with Crippen molar-refractivity contribution in [2.45, 2.75) is 6.04 Å². The van der Waals surface area contributed by atoms with Crippen molar-refractivity contribution in [2.75, 3.05) is 12.3 Å². The summed E-state index contributed by atoms with van der Waals surface area (Å²) in [4.78, 5) is 14.9. The van der Waals surface area contributed by atoms with E-state index in [0.717, 1.165) is 28.7 Å². The van der Waals surface area contributed by atoms with Gasteiger partial charge in [-0.2, -0.15) is 0 Å². The lowest BCUT2D eigenvalue weighted by Gasteiger charge is -2.30. The van der Waals surface area contributed by atoms with Crippen molar-refractivity contribution in [1.82, 2.24) is 14.9 Å². The van der Waals surface area contributed by atoms with Crippen LogP contribution in [0.5, 0.6) is 0 Å². The zero-order valence-electron chi connectivity index (χ0n) is 13.0. The van der Waals surface area contributed by atoms with Crippen LogP contribution in [-0.2, 0) is 0 Å². The van der Waals surface area contributed by atoms with Gasteiger partial charge in [0.15, 0.2) is 5.17 Å². The third kappa shape index (κ3) is 2.16. The Labute approximate surface area is 144 Å². The van der Waals surface area contributed by atoms with Crippen molar-refractivity contribution in [2.24, 2.45) is 4.99 Å². The molecule has 4 nitrogen and oxygen atoms in total. The minimum absolute atomic E-state index is 0.207. The summed E-state index contributed by atoms with van der Waals surface area (Å²) in [6.45, 7) is 1.03. The first-order valence-electron chi connectivity index (χ1n) is 8.06. The number of amidine groups is 1. The highest BCUT2D eigenvalue weighted by molar-refractivity contribution is 8.14. The van der Waals surface area contributed by atoms with Crippen LogP contribution in [0.2, 0.25) is 0 Å². The quantitative estimate of drug-likeness (QED) is 0.769. The van der Waals surface area contributed by atoms with Crippen LogP contribution >= 0.6 is 11.8 Å². The number of hydrogen-bond donors (Lipinski definition) is 1. The number of aliphatic imine (C=N–C) groups is 1. The number of hydrogen-bond acceptors (Lipinski definition) is 4. The summed E-state index contributed by atoms with van der Waals surface area (Å²) in [5.41, 5.74) is 4.57. The van der Waals surface area contributed by atoms with E-state index in [9.17, 15) is 0 Å². The Hall–Kier alpha value is -2.53. The van der Waals surface area contributed by atoms with Crippen LogP contribution in [0.1, 0.15) is 17.2 Å². The largest absolute Gasteiger partial charge is 0.361 e. The zero-order valence-corrected chi connectivity index (χ0v) is 13.8. The Morgan fingerprint density at radius 3 is 3.04 bits per heavy atom. The highest BCUT2D eigenvalue weighted by Gasteiger charge is 2.32. The van der Waals surface area contributed by atoms with Crippen LogP contribution in [-0.4, -0.2) is 32.3 Å². The summed E-state index contributed by atoms with van der Waals surface area (Å²) in [5.74, 6) is 1.09. The molecule has 1 unspecified atom stereocenters. The second-order valence-corrected chi connectivity index (χ2v) is 7.03. The molecule has 1 saturated heterocycles. The fourth-order valence-corrected chi connectivity index (χ4v) is 4.42. The molecule has 118 valence electrons. The predicted octanol–water partition coefficient (Wildman–Crippen LogP) is 4.06. The fraction of sp³-hybridized carbons (Fsp3) is 0.158. The molecule has 2 aromatic heterocycles. The summed E-state index contributed by atoms with van der Waals surface area (Å²) in [5, 5.41) is 2.40. The van der Waals surface area contributed by atoms with Crippen molar-refractivity contribution in [3.05, 3.63) is 72.2 Å². The van der Waals surface area contributed by atoms with Crippen LogP contribution in [0, 0.1) is 0 Å². The summed E-state index contributed by atoms with van der Waals surface area (Å²) < 4.78 is 0. The molecule has 1 N–H and O–H groups in total. The molecule has 1 atom stereocenters. The first-order valence-corrected chi connectivity index (χ1v) is 9.05. The van der Waals surface area contributed by atoms with E-state index >= 15 is 0 Å². The Kier molecular flexibility index (Phi) is 3.19. The maximum absolute atomic E-state index is 4.87. The monoisotopic (exact) mass is 332 g/mol. The summed E-state index contributed by atoms with van der Waals surface area (Å²) >= 11 is 1.84. The van der Waals surface area contributed by atoms with Crippen LogP contribution in [0.25, 0.3) is 16.6 Å². The molecule has 2 aliphatic rings. The molecule has 3 aromatic rings. The lowest BCUT2D eigenvalue weighted by atomic mass is 10.0. The van der Waals surface area contributed by atoms with Crippen LogP contribution < -0.4 is 0 Å². The minimum atomic E-state index is 0.207. The molecule has 0 aliphatic carbocycles. The SMILES string of the molecule is C1=C(c2cccnc2)N=C2SCCN2C1c1c[nH]c2ccccc12. The molecule has 5 rings (SSSR count). The smallest absolute Gasteiger partial charge is 0.165 e. The van der Waals surface area contributed by atoms with Gasteiger partial charge in [0.25, 0.3) is 0 Å². The van der Waals surface area contributed by atoms with Gasteiger partial charge in [0.1, 0.15) is 0 Å². The van der Waals surface area contributed by atoms with E-state index in [1.807, 2.05) is 24.0 Å². The molecule has 2 aliphatic heterocycles. The number of thioether (sulfide) groups is 1. The molecule has 0 bridgehead atoms. The second kappa shape index (κ2) is 5.53.